The van der Waals surface area contributed by atoms with Crippen molar-refractivity contribution in [3.05, 3.63) is 11.5 Å². The van der Waals surface area contributed by atoms with Crippen molar-refractivity contribution in [2.75, 3.05) is 5.73 Å². The maximum Gasteiger partial charge on any atom is 0.127 e. The fraction of sp³-hybridized carbons (Fsp3) is 0.769. The van der Waals surface area contributed by atoms with E-state index in [2.05, 4.69) is 18.4 Å². The first-order chi connectivity index (χ1) is 7.77. The van der Waals surface area contributed by atoms with E-state index in [0.717, 1.165) is 31.6 Å². The lowest BCUT2D eigenvalue weighted by Crippen LogP contribution is -2.12. The Morgan fingerprint density at radius 2 is 2.06 bits per heavy atom. The number of nitrogens with zero attached hydrogens (tertiary/aromatic N) is 2. The van der Waals surface area contributed by atoms with Crippen molar-refractivity contribution in [3.63, 3.8) is 0 Å². The summed E-state index contributed by atoms with van der Waals surface area (Å²) in [5.41, 5.74) is 7.41. The SMILES string of the molecule is CCCc1nc(C2CCC2)c(N)n1CCC. The van der Waals surface area contributed by atoms with Crippen molar-refractivity contribution >= 4 is 5.82 Å². The number of hydrogen-bond donors (Lipinski definition) is 1. The normalized spacial score (nSPS) is 16.4. The lowest BCUT2D eigenvalue weighted by atomic mass is 9.83. The maximum atomic E-state index is 6.23. The van der Waals surface area contributed by atoms with Gasteiger partial charge >= 0.3 is 0 Å². The molecule has 1 heterocycles. The molecule has 0 bridgehead atoms. The van der Waals surface area contributed by atoms with Crippen LogP contribution < -0.4 is 5.73 Å². The number of anilines is 1. The van der Waals surface area contributed by atoms with Gasteiger partial charge in [-0.2, -0.15) is 0 Å². The van der Waals surface area contributed by atoms with Crippen LogP contribution in [0.2, 0.25) is 0 Å². The molecule has 0 aromatic carbocycles. The van der Waals surface area contributed by atoms with Gasteiger partial charge in [-0.1, -0.05) is 20.3 Å². The molecule has 16 heavy (non-hydrogen) atoms. The lowest BCUT2D eigenvalue weighted by molar-refractivity contribution is 0.413. The van der Waals surface area contributed by atoms with Gasteiger partial charge in [0.05, 0.1) is 5.69 Å². The zero-order chi connectivity index (χ0) is 11.5. The monoisotopic (exact) mass is 221 g/mol. The van der Waals surface area contributed by atoms with Crippen molar-refractivity contribution in [2.24, 2.45) is 0 Å². The van der Waals surface area contributed by atoms with E-state index in [-0.39, 0.29) is 0 Å². The lowest BCUT2D eigenvalue weighted by Gasteiger charge is -2.24. The summed E-state index contributed by atoms with van der Waals surface area (Å²) in [5, 5.41) is 0. The minimum Gasteiger partial charge on any atom is -0.384 e. The summed E-state index contributed by atoms with van der Waals surface area (Å²) in [5.74, 6) is 2.78. The Morgan fingerprint density at radius 3 is 2.56 bits per heavy atom. The van der Waals surface area contributed by atoms with Gasteiger partial charge in [0, 0.05) is 18.9 Å². The molecule has 0 radical (unpaired) electrons. The van der Waals surface area contributed by atoms with Crippen LogP contribution in [-0.4, -0.2) is 9.55 Å². The van der Waals surface area contributed by atoms with Crippen LogP contribution >= 0.6 is 0 Å². The largest absolute Gasteiger partial charge is 0.384 e. The second-order valence-corrected chi connectivity index (χ2v) is 4.83. The molecule has 2 N–H and O–H groups in total. The Kier molecular flexibility index (Phi) is 3.52. The van der Waals surface area contributed by atoms with Crippen LogP contribution in [0.1, 0.15) is 63.4 Å². The molecular weight excluding hydrogens is 198 g/mol. The fourth-order valence-corrected chi connectivity index (χ4v) is 2.40. The van der Waals surface area contributed by atoms with Gasteiger partial charge < -0.3 is 10.3 Å². The summed E-state index contributed by atoms with van der Waals surface area (Å²) in [6.07, 6.45) is 7.22. The van der Waals surface area contributed by atoms with E-state index >= 15 is 0 Å². The first-order valence-corrected chi connectivity index (χ1v) is 6.62. The Labute approximate surface area is 98.1 Å². The molecule has 1 fully saturated rings. The molecule has 0 amide bonds. The third kappa shape index (κ3) is 1.95. The van der Waals surface area contributed by atoms with Crippen LogP contribution in [0.4, 0.5) is 5.82 Å². The van der Waals surface area contributed by atoms with E-state index in [1.165, 1.54) is 30.8 Å². The third-order valence-corrected chi connectivity index (χ3v) is 3.53. The summed E-state index contributed by atoms with van der Waals surface area (Å²) in [4.78, 5) is 4.78. The van der Waals surface area contributed by atoms with Gasteiger partial charge in [-0.15, -0.1) is 0 Å². The third-order valence-electron chi connectivity index (χ3n) is 3.53. The molecule has 1 aliphatic carbocycles. The summed E-state index contributed by atoms with van der Waals surface area (Å²) in [6.45, 7) is 5.41. The summed E-state index contributed by atoms with van der Waals surface area (Å²) in [7, 11) is 0. The fourth-order valence-electron chi connectivity index (χ4n) is 2.40. The van der Waals surface area contributed by atoms with Crippen molar-refractivity contribution in [1.29, 1.82) is 0 Å². The van der Waals surface area contributed by atoms with Crippen molar-refractivity contribution in [3.8, 4) is 0 Å². The van der Waals surface area contributed by atoms with Gasteiger partial charge in [-0.3, -0.25) is 0 Å². The van der Waals surface area contributed by atoms with Gasteiger partial charge in [0.2, 0.25) is 0 Å². The number of nitrogen functional groups attached to an aromatic ring is 1. The first-order valence-electron chi connectivity index (χ1n) is 6.62. The molecule has 1 saturated carbocycles. The Hall–Kier alpha value is -0.990. The molecule has 3 heteroatoms. The van der Waals surface area contributed by atoms with Crippen molar-refractivity contribution in [1.82, 2.24) is 9.55 Å². The minimum atomic E-state index is 0.647. The molecule has 0 aliphatic heterocycles. The highest BCUT2D eigenvalue weighted by molar-refractivity contribution is 5.41. The quantitative estimate of drug-likeness (QED) is 0.830. The molecular formula is C13H23N3. The van der Waals surface area contributed by atoms with Crippen LogP contribution in [0.25, 0.3) is 0 Å². The van der Waals surface area contributed by atoms with Gasteiger partial charge in [-0.25, -0.2) is 4.98 Å². The number of aromatic nitrogens is 2. The van der Waals surface area contributed by atoms with Crippen LogP contribution in [-0.2, 0) is 13.0 Å². The summed E-state index contributed by atoms with van der Waals surface area (Å²) >= 11 is 0. The topological polar surface area (TPSA) is 43.8 Å². The maximum absolute atomic E-state index is 6.23. The number of imidazole rings is 1. The number of rotatable bonds is 5. The number of nitrogens with two attached hydrogens (primary N) is 1. The van der Waals surface area contributed by atoms with E-state index in [4.69, 9.17) is 10.7 Å². The zero-order valence-electron chi connectivity index (χ0n) is 10.5. The first kappa shape index (κ1) is 11.5. The zero-order valence-corrected chi connectivity index (χ0v) is 10.5. The van der Waals surface area contributed by atoms with E-state index < -0.39 is 0 Å². The smallest absolute Gasteiger partial charge is 0.127 e. The average Bonchev–Trinajstić information content (AvgIpc) is 2.46. The van der Waals surface area contributed by atoms with Gasteiger partial charge in [-0.05, 0) is 25.7 Å². The van der Waals surface area contributed by atoms with Crippen LogP contribution in [0.15, 0.2) is 0 Å². The Balaban J connectivity index is 2.27. The molecule has 1 aromatic heterocycles. The predicted molar refractivity (Wildman–Crippen MR) is 67.5 cm³/mol. The van der Waals surface area contributed by atoms with E-state index in [1.807, 2.05) is 0 Å². The molecule has 2 rings (SSSR count). The highest BCUT2D eigenvalue weighted by Gasteiger charge is 2.26. The van der Waals surface area contributed by atoms with E-state index in [1.54, 1.807) is 0 Å². The van der Waals surface area contributed by atoms with E-state index in [9.17, 15) is 0 Å². The average molecular weight is 221 g/mol. The Morgan fingerprint density at radius 1 is 1.31 bits per heavy atom. The van der Waals surface area contributed by atoms with Crippen molar-refractivity contribution in [2.45, 2.75) is 64.8 Å². The van der Waals surface area contributed by atoms with E-state index in [0.29, 0.717) is 5.92 Å². The minimum absolute atomic E-state index is 0.647. The molecule has 1 aliphatic rings. The molecule has 1 aromatic rings. The standard InChI is InChI=1S/C13H23N3/c1-3-6-11-15-12(10-7-5-8-10)13(14)16(11)9-4-2/h10H,3-9,14H2,1-2H3. The molecule has 3 nitrogen and oxygen atoms in total. The van der Waals surface area contributed by atoms with Gasteiger partial charge in [0.25, 0.3) is 0 Å². The van der Waals surface area contributed by atoms with Gasteiger partial charge in [0.15, 0.2) is 0 Å². The second kappa shape index (κ2) is 4.89. The molecule has 90 valence electrons. The highest BCUT2D eigenvalue weighted by Crippen LogP contribution is 2.38. The van der Waals surface area contributed by atoms with Crippen LogP contribution in [0.5, 0.6) is 0 Å². The predicted octanol–water partition coefficient (Wildman–Crippen LogP) is 3.10. The number of aryl methyl sites for hydroxylation is 1. The van der Waals surface area contributed by atoms with Crippen molar-refractivity contribution < 1.29 is 0 Å². The highest BCUT2D eigenvalue weighted by atomic mass is 15.1. The van der Waals surface area contributed by atoms with Gasteiger partial charge in [0.1, 0.15) is 11.6 Å². The summed E-state index contributed by atoms with van der Waals surface area (Å²) in [6, 6.07) is 0. The molecule has 0 saturated heterocycles. The second-order valence-electron chi connectivity index (χ2n) is 4.83. The molecule has 0 spiro atoms. The molecule has 0 atom stereocenters. The molecule has 0 unspecified atom stereocenters. The number of hydrogen-bond acceptors (Lipinski definition) is 2. The summed E-state index contributed by atoms with van der Waals surface area (Å²) < 4.78 is 2.23. The Bertz CT molecular complexity index is 350. The van der Waals surface area contributed by atoms with Crippen LogP contribution in [0, 0.1) is 0 Å². The van der Waals surface area contributed by atoms with Crippen LogP contribution in [0.3, 0.4) is 0 Å².